The number of amides is 2. The summed E-state index contributed by atoms with van der Waals surface area (Å²) >= 11 is 0. The van der Waals surface area contributed by atoms with Crippen molar-refractivity contribution >= 4 is 23.6 Å². The minimum absolute atomic E-state index is 0.00177. The molecule has 1 aliphatic rings. The van der Waals surface area contributed by atoms with Crippen LogP contribution in [0.4, 0.5) is 18.9 Å². The molecule has 2 amide bonds. The Labute approximate surface area is 194 Å². The van der Waals surface area contributed by atoms with E-state index < -0.39 is 24.3 Å². The number of hydrogen-bond donors (Lipinski definition) is 1. The SMILES string of the molecule is COc1cc(/C=C(\C#N)C(=O)N2CCCC2)ccc1OCC(=O)Nc1cccc(C(F)(F)F)c1. The van der Waals surface area contributed by atoms with Crippen molar-refractivity contribution in [1.82, 2.24) is 4.90 Å². The topological polar surface area (TPSA) is 91.7 Å². The fraction of sp³-hybridized carbons (Fsp3) is 0.292. The summed E-state index contributed by atoms with van der Waals surface area (Å²) in [7, 11) is 1.39. The van der Waals surface area contributed by atoms with E-state index in [-0.39, 0.29) is 28.7 Å². The highest BCUT2D eigenvalue weighted by atomic mass is 19.4. The average molecular weight is 473 g/mol. The number of nitrogens with one attached hydrogen (secondary N) is 1. The molecule has 178 valence electrons. The zero-order valence-electron chi connectivity index (χ0n) is 18.3. The van der Waals surface area contributed by atoms with Crippen molar-refractivity contribution in [2.75, 3.05) is 32.1 Å². The molecular formula is C24H22F3N3O4. The van der Waals surface area contributed by atoms with Crippen molar-refractivity contribution < 1.29 is 32.2 Å². The van der Waals surface area contributed by atoms with Crippen LogP contribution in [-0.4, -0.2) is 43.5 Å². The number of likely N-dealkylation sites (tertiary alicyclic amines) is 1. The minimum atomic E-state index is -4.52. The highest BCUT2D eigenvalue weighted by molar-refractivity contribution is 6.01. The first-order valence-electron chi connectivity index (χ1n) is 10.4. The zero-order chi connectivity index (χ0) is 24.7. The van der Waals surface area contributed by atoms with Gasteiger partial charge in [0, 0.05) is 18.8 Å². The van der Waals surface area contributed by atoms with E-state index in [1.807, 2.05) is 6.07 Å². The van der Waals surface area contributed by atoms with E-state index >= 15 is 0 Å². The number of alkyl halides is 3. The van der Waals surface area contributed by atoms with E-state index in [1.54, 1.807) is 17.0 Å². The normalized spacial score (nSPS) is 13.9. The van der Waals surface area contributed by atoms with Crippen LogP contribution < -0.4 is 14.8 Å². The molecule has 2 aromatic rings. The number of nitriles is 1. The fourth-order valence-electron chi connectivity index (χ4n) is 3.41. The molecule has 10 heteroatoms. The Morgan fingerprint density at radius 1 is 1.15 bits per heavy atom. The van der Waals surface area contributed by atoms with Crippen LogP contribution in [0.2, 0.25) is 0 Å². The molecule has 0 aromatic heterocycles. The molecule has 34 heavy (non-hydrogen) atoms. The number of nitrogens with zero attached hydrogens (tertiary/aromatic N) is 2. The van der Waals surface area contributed by atoms with E-state index in [0.717, 1.165) is 25.0 Å². The molecule has 0 aliphatic carbocycles. The van der Waals surface area contributed by atoms with Crippen molar-refractivity contribution in [3.63, 3.8) is 0 Å². The Hall–Kier alpha value is -4.00. The smallest absolute Gasteiger partial charge is 0.416 e. The lowest BCUT2D eigenvalue weighted by Gasteiger charge is -2.14. The Bertz CT molecular complexity index is 1130. The van der Waals surface area contributed by atoms with E-state index in [9.17, 15) is 28.0 Å². The molecule has 1 heterocycles. The lowest BCUT2D eigenvalue weighted by atomic mass is 10.1. The summed E-state index contributed by atoms with van der Waals surface area (Å²) in [5.74, 6) is -0.520. The molecule has 1 saturated heterocycles. The molecule has 2 aromatic carbocycles. The van der Waals surface area contributed by atoms with Gasteiger partial charge in [-0.15, -0.1) is 0 Å². The van der Waals surface area contributed by atoms with Crippen LogP contribution in [0.15, 0.2) is 48.0 Å². The number of methoxy groups -OCH3 is 1. The maximum Gasteiger partial charge on any atom is 0.416 e. The molecule has 1 fully saturated rings. The Morgan fingerprint density at radius 2 is 1.88 bits per heavy atom. The third-order valence-electron chi connectivity index (χ3n) is 5.08. The highest BCUT2D eigenvalue weighted by Crippen LogP contribution is 2.31. The van der Waals surface area contributed by atoms with Gasteiger partial charge in [-0.05, 0) is 54.8 Å². The van der Waals surface area contributed by atoms with Crippen LogP contribution >= 0.6 is 0 Å². The molecule has 0 unspecified atom stereocenters. The van der Waals surface area contributed by atoms with Gasteiger partial charge in [0.05, 0.1) is 12.7 Å². The third-order valence-corrected chi connectivity index (χ3v) is 5.08. The molecule has 1 N–H and O–H groups in total. The van der Waals surface area contributed by atoms with E-state index in [2.05, 4.69) is 5.32 Å². The third kappa shape index (κ3) is 6.28. The monoisotopic (exact) mass is 473 g/mol. The van der Waals surface area contributed by atoms with Gasteiger partial charge in [-0.25, -0.2) is 0 Å². The summed E-state index contributed by atoms with van der Waals surface area (Å²) in [6.45, 7) is 0.770. The van der Waals surface area contributed by atoms with Crippen molar-refractivity contribution in [1.29, 1.82) is 5.26 Å². The average Bonchev–Trinajstić information content (AvgIpc) is 3.35. The quantitative estimate of drug-likeness (QED) is 0.479. The van der Waals surface area contributed by atoms with Crippen molar-refractivity contribution in [3.8, 4) is 17.6 Å². The largest absolute Gasteiger partial charge is 0.493 e. The fourth-order valence-corrected chi connectivity index (χ4v) is 3.41. The summed E-state index contributed by atoms with van der Waals surface area (Å²) in [4.78, 5) is 26.3. The summed E-state index contributed by atoms with van der Waals surface area (Å²) < 4.78 is 49.2. The standard InChI is InChI=1S/C24H22F3N3O4/c1-33-21-12-16(11-17(14-28)23(32)30-9-2-3-10-30)7-8-20(21)34-15-22(31)29-19-6-4-5-18(13-19)24(25,26)27/h4-8,11-13H,2-3,9-10,15H2,1H3,(H,29,31)/b17-11+. The Morgan fingerprint density at radius 3 is 2.53 bits per heavy atom. The number of halogens is 3. The molecular weight excluding hydrogens is 451 g/mol. The second-order valence-corrected chi connectivity index (χ2v) is 7.49. The number of carbonyl (C=O) groups is 2. The van der Waals surface area contributed by atoms with E-state index in [0.29, 0.717) is 18.7 Å². The second-order valence-electron chi connectivity index (χ2n) is 7.49. The first-order chi connectivity index (χ1) is 16.2. The maximum absolute atomic E-state index is 12.8. The predicted molar refractivity (Wildman–Crippen MR) is 118 cm³/mol. The van der Waals surface area contributed by atoms with Gasteiger partial charge in [-0.1, -0.05) is 12.1 Å². The molecule has 0 bridgehead atoms. The van der Waals surface area contributed by atoms with Gasteiger partial charge in [0.1, 0.15) is 11.6 Å². The van der Waals surface area contributed by atoms with Gasteiger partial charge in [0.2, 0.25) is 0 Å². The number of carbonyl (C=O) groups excluding carboxylic acids is 2. The van der Waals surface area contributed by atoms with Gasteiger partial charge in [-0.3, -0.25) is 9.59 Å². The van der Waals surface area contributed by atoms with Gasteiger partial charge < -0.3 is 19.7 Å². The minimum Gasteiger partial charge on any atom is -0.493 e. The predicted octanol–water partition coefficient (Wildman–Crippen LogP) is 4.26. The molecule has 7 nitrogen and oxygen atoms in total. The van der Waals surface area contributed by atoms with Gasteiger partial charge in [-0.2, -0.15) is 18.4 Å². The number of anilines is 1. The Kier molecular flexibility index (Phi) is 7.79. The highest BCUT2D eigenvalue weighted by Gasteiger charge is 2.30. The van der Waals surface area contributed by atoms with E-state index in [4.69, 9.17) is 9.47 Å². The number of hydrogen-bond acceptors (Lipinski definition) is 5. The summed E-state index contributed by atoms with van der Waals surface area (Å²) in [6.07, 6.45) is -1.25. The summed E-state index contributed by atoms with van der Waals surface area (Å²) in [5, 5.41) is 11.8. The maximum atomic E-state index is 12.8. The Balaban J connectivity index is 1.66. The van der Waals surface area contributed by atoms with Crippen molar-refractivity contribution in [2.45, 2.75) is 19.0 Å². The van der Waals surface area contributed by atoms with Crippen LogP contribution in [0.1, 0.15) is 24.0 Å². The summed E-state index contributed by atoms with van der Waals surface area (Å²) in [6, 6.07) is 10.9. The van der Waals surface area contributed by atoms with Crippen LogP contribution in [0.25, 0.3) is 6.08 Å². The molecule has 3 rings (SSSR count). The van der Waals surface area contributed by atoms with Crippen LogP contribution in [0.3, 0.4) is 0 Å². The van der Waals surface area contributed by atoms with Gasteiger partial charge >= 0.3 is 6.18 Å². The van der Waals surface area contributed by atoms with Crippen LogP contribution in [0.5, 0.6) is 11.5 Å². The molecule has 0 saturated carbocycles. The number of ether oxygens (including phenoxy) is 2. The summed E-state index contributed by atoms with van der Waals surface area (Å²) in [5.41, 5.74) is -0.362. The zero-order valence-corrected chi connectivity index (χ0v) is 18.3. The van der Waals surface area contributed by atoms with Crippen LogP contribution in [-0.2, 0) is 15.8 Å². The first-order valence-corrected chi connectivity index (χ1v) is 10.4. The van der Waals surface area contributed by atoms with Crippen molar-refractivity contribution in [2.24, 2.45) is 0 Å². The van der Waals surface area contributed by atoms with Crippen molar-refractivity contribution in [3.05, 3.63) is 59.2 Å². The first kappa shape index (κ1) is 24.6. The second kappa shape index (κ2) is 10.7. The molecule has 0 radical (unpaired) electrons. The van der Waals surface area contributed by atoms with Gasteiger partial charge in [0.15, 0.2) is 18.1 Å². The lowest BCUT2D eigenvalue weighted by molar-refractivity contribution is -0.137. The molecule has 0 atom stereocenters. The molecule has 0 spiro atoms. The van der Waals surface area contributed by atoms with E-state index in [1.165, 1.54) is 31.4 Å². The lowest BCUT2D eigenvalue weighted by Crippen LogP contribution is -2.28. The molecule has 1 aliphatic heterocycles. The number of benzene rings is 2. The van der Waals surface area contributed by atoms with Gasteiger partial charge in [0.25, 0.3) is 11.8 Å². The van der Waals surface area contributed by atoms with Crippen LogP contribution in [0, 0.1) is 11.3 Å². The number of rotatable bonds is 7.